The molecule has 1 aliphatic rings. The van der Waals surface area contributed by atoms with Gasteiger partial charge in [-0.3, -0.25) is 0 Å². The van der Waals surface area contributed by atoms with E-state index in [0.29, 0.717) is 12.1 Å². The van der Waals surface area contributed by atoms with Crippen LogP contribution in [0, 0.1) is 5.92 Å². The van der Waals surface area contributed by atoms with Gasteiger partial charge in [-0.05, 0) is 38.6 Å². The molecule has 0 aromatic heterocycles. The minimum absolute atomic E-state index is 0.459. The second kappa shape index (κ2) is 11.6. The van der Waals surface area contributed by atoms with Crippen molar-refractivity contribution in [2.24, 2.45) is 5.92 Å². The summed E-state index contributed by atoms with van der Waals surface area (Å²) in [6, 6.07) is 0.586. The molecule has 2 nitrogen and oxygen atoms in total. The molecule has 0 radical (unpaired) electrons. The summed E-state index contributed by atoms with van der Waals surface area (Å²) in [7, 11) is 2.09. The Morgan fingerprint density at radius 1 is 0.950 bits per heavy atom. The van der Waals surface area contributed by atoms with E-state index in [1.54, 1.807) is 0 Å². The van der Waals surface area contributed by atoms with Crippen LogP contribution in [0.1, 0.15) is 84.5 Å². The molecule has 1 aliphatic carbocycles. The molecule has 0 spiro atoms. The Kier molecular flexibility index (Phi) is 10.4. The van der Waals surface area contributed by atoms with Crippen LogP contribution in [0.15, 0.2) is 0 Å². The molecule has 120 valence electrons. The highest BCUT2D eigenvalue weighted by molar-refractivity contribution is 4.84. The van der Waals surface area contributed by atoms with Gasteiger partial charge >= 0.3 is 0 Å². The van der Waals surface area contributed by atoms with Gasteiger partial charge in [0.2, 0.25) is 0 Å². The molecule has 1 fully saturated rings. The number of rotatable bonds is 11. The Hall–Kier alpha value is -0.0800. The second-order valence-electron chi connectivity index (χ2n) is 6.54. The summed E-state index contributed by atoms with van der Waals surface area (Å²) in [5.74, 6) is 0.902. The van der Waals surface area contributed by atoms with Crippen molar-refractivity contribution in [3.8, 4) is 0 Å². The van der Waals surface area contributed by atoms with Crippen LogP contribution in [-0.4, -0.2) is 25.8 Å². The lowest BCUT2D eigenvalue weighted by Gasteiger charge is -2.36. The first kappa shape index (κ1) is 18.0. The van der Waals surface area contributed by atoms with Crippen molar-refractivity contribution in [2.75, 3.05) is 13.7 Å². The topological polar surface area (TPSA) is 21.3 Å². The molecule has 0 aliphatic heterocycles. The van der Waals surface area contributed by atoms with Crippen LogP contribution in [0.2, 0.25) is 0 Å². The number of unbranched alkanes of at least 4 members (excludes halogenated alkanes) is 5. The smallest absolute Gasteiger partial charge is 0.0730 e. The molecule has 1 N–H and O–H groups in total. The highest BCUT2D eigenvalue weighted by Crippen LogP contribution is 2.30. The molecule has 0 aromatic carbocycles. The van der Waals surface area contributed by atoms with Crippen LogP contribution < -0.4 is 5.32 Å². The van der Waals surface area contributed by atoms with Gasteiger partial charge in [0.1, 0.15) is 0 Å². The van der Waals surface area contributed by atoms with Crippen molar-refractivity contribution in [3.63, 3.8) is 0 Å². The fourth-order valence-electron chi connectivity index (χ4n) is 3.51. The highest BCUT2D eigenvalue weighted by atomic mass is 16.5. The predicted molar refractivity (Wildman–Crippen MR) is 88.2 cm³/mol. The van der Waals surface area contributed by atoms with E-state index in [0.717, 1.165) is 12.5 Å². The van der Waals surface area contributed by atoms with E-state index in [2.05, 4.69) is 26.2 Å². The van der Waals surface area contributed by atoms with E-state index < -0.39 is 0 Å². The molecule has 0 amide bonds. The Bertz CT molecular complexity index is 219. The zero-order valence-electron chi connectivity index (χ0n) is 14.1. The van der Waals surface area contributed by atoms with E-state index >= 15 is 0 Å². The first-order chi connectivity index (χ1) is 9.81. The van der Waals surface area contributed by atoms with E-state index in [4.69, 9.17) is 4.74 Å². The molecule has 3 unspecified atom stereocenters. The lowest BCUT2D eigenvalue weighted by atomic mass is 9.81. The van der Waals surface area contributed by atoms with Crippen LogP contribution in [0.3, 0.4) is 0 Å². The minimum atomic E-state index is 0.459. The third-order valence-electron chi connectivity index (χ3n) is 4.80. The van der Waals surface area contributed by atoms with E-state index in [1.807, 2.05) is 0 Å². The first-order valence-corrected chi connectivity index (χ1v) is 9.10. The Labute approximate surface area is 127 Å². The van der Waals surface area contributed by atoms with Crippen molar-refractivity contribution in [2.45, 2.75) is 96.6 Å². The van der Waals surface area contributed by atoms with Gasteiger partial charge in [0.15, 0.2) is 0 Å². The number of likely N-dealkylation sites (N-methyl/N-ethyl adjacent to an activating group) is 1. The first-order valence-electron chi connectivity index (χ1n) is 9.10. The largest absolute Gasteiger partial charge is 0.377 e. The molecule has 0 heterocycles. The van der Waals surface area contributed by atoms with Gasteiger partial charge in [-0.2, -0.15) is 0 Å². The number of ether oxygens (including phenoxy) is 1. The molecule has 1 saturated carbocycles. The van der Waals surface area contributed by atoms with Crippen LogP contribution in [-0.2, 0) is 4.74 Å². The van der Waals surface area contributed by atoms with Crippen LogP contribution in [0.4, 0.5) is 0 Å². The van der Waals surface area contributed by atoms with Gasteiger partial charge in [0.05, 0.1) is 6.10 Å². The van der Waals surface area contributed by atoms with Crippen molar-refractivity contribution < 1.29 is 4.74 Å². The third-order valence-corrected chi connectivity index (χ3v) is 4.80. The highest BCUT2D eigenvalue weighted by Gasteiger charge is 2.29. The second-order valence-corrected chi connectivity index (χ2v) is 6.54. The number of nitrogens with one attached hydrogen (secondary N) is 1. The molecule has 0 saturated heterocycles. The molecule has 20 heavy (non-hydrogen) atoms. The van der Waals surface area contributed by atoms with Crippen LogP contribution in [0.5, 0.6) is 0 Å². The maximum atomic E-state index is 6.21. The van der Waals surface area contributed by atoms with Crippen LogP contribution in [0.25, 0.3) is 0 Å². The lowest BCUT2D eigenvalue weighted by Crippen LogP contribution is -2.44. The van der Waals surface area contributed by atoms with Crippen LogP contribution >= 0.6 is 0 Å². The summed E-state index contributed by atoms with van der Waals surface area (Å²) >= 11 is 0. The summed E-state index contributed by atoms with van der Waals surface area (Å²) in [6.07, 6.45) is 15.2. The maximum Gasteiger partial charge on any atom is 0.0730 e. The quantitative estimate of drug-likeness (QED) is 0.543. The van der Waals surface area contributed by atoms with Gasteiger partial charge in [0, 0.05) is 12.6 Å². The van der Waals surface area contributed by atoms with Gasteiger partial charge in [-0.1, -0.05) is 58.8 Å². The zero-order chi connectivity index (χ0) is 14.6. The minimum Gasteiger partial charge on any atom is -0.377 e. The SMILES string of the molecule is CCCCCCCCOC1CC(CCC)CCC1NC. The molecular weight excluding hydrogens is 246 g/mol. The van der Waals surface area contributed by atoms with Gasteiger partial charge < -0.3 is 10.1 Å². The van der Waals surface area contributed by atoms with Crippen molar-refractivity contribution >= 4 is 0 Å². The summed E-state index contributed by atoms with van der Waals surface area (Å²) in [5.41, 5.74) is 0. The average molecular weight is 283 g/mol. The number of hydrogen-bond donors (Lipinski definition) is 1. The lowest BCUT2D eigenvalue weighted by molar-refractivity contribution is -0.0109. The fourth-order valence-corrected chi connectivity index (χ4v) is 3.51. The van der Waals surface area contributed by atoms with Crippen molar-refractivity contribution in [1.82, 2.24) is 5.32 Å². The molecule has 1 rings (SSSR count). The zero-order valence-corrected chi connectivity index (χ0v) is 14.1. The summed E-state index contributed by atoms with van der Waals surface area (Å²) in [6.45, 7) is 5.54. The van der Waals surface area contributed by atoms with Gasteiger partial charge in [-0.25, -0.2) is 0 Å². The van der Waals surface area contributed by atoms with Crippen molar-refractivity contribution in [3.05, 3.63) is 0 Å². The van der Waals surface area contributed by atoms with E-state index in [-0.39, 0.29) is 0 Å². The summed E-state index contributed by atoms with van der Waals surface area (Å²) < 4.78 is 6.21. The monoisotopic (exact) mass is 283 g/mol. The maximum absolute atomic E-state index is 6.21. The molecule has 0 bridgehead atoms. The Morgan fingerprint density at radius 3 is 2.40 bits per heavy atom. The normalized spacial score (nSPS) is 26.9. The van der Waals surface area contributed by atoms with Crippen molar-refractivity contribution in [1.29, 1.82) is 0 Å². The molecule has 2 heteroatoms. The standard InChI is InChI=1S/C18H37NO/c1-4-6-7-8-9-10-14-20-18-15-16(11-5-2)12-13-17(18)19-3/h16-19H,4-15H2,1-3H3. The number of hydrogen-bond acceptors (Lipinski definition) is 2. The van der Waals surface area contributed by atoms with Gasteiger partial charge in [-0.15, -0.1) is 0 Å². The van der Waals surface area contributed by atoms with E-state index in [9.17, 15) is 0 Å². The van der Waals surface area contributed by atoms with Gasteiger partial charge in [0.25, 0.3) is 0 Å². The Morgan fingerprint density at radius 2 is 1.70 bits per heavy atom. The Balaban J connectivity index is 2.14. The predicted octanol–water partition coefficient (Wildman–Crippen LogP) is 4.92. The fraction of sp³-hybridized carbons (Fsp3) is 1.00. The summed E-state index contributed by atoms with van der Waals surface area (Å²) in [4.78, 5) is 0. The molecule has 3 atom stereocenters. The molecular formula is C18H37NO. The average Bonchev–Trinajstić information content (AvgIpc) is 2.47. The summed E-state index contributed by atoms with van der Waals surface area (Å²) in [5, 5.41) is 3.46. The third kappa shape index (κ3) is 7.08. The van der Waals surface area contributed by atoms with E-state index in [1.165, 1.54) is 70.6 Å². The molecule has 0 aromatic rings.